The van der Waals surface area contributed by atoms with Crippen molar-refractivity contribution >= 4 is 16.8 Å². The summed E-state index contributed by atoms with van der Waals surface area (Å²) in [6.07, 6.45) is 0.286. The molecule has 0 fully saturated rings. The van der Waals surface area contributed by atoms with Gasteiger partial charge in [-0.15, -0.1) is 0 Å². The molecule has 5 N–H and O–H groups in total. The van der Waals surface area contributed by atoms with Gasteiger partial charge in [-0.3, -0.25) is 9.59 Å². The Kier molecular flexibility index (Phi) is 8.15. The number of benzene rings is 3. The van der Waals surface area contributed by atoms with Gasteiger partial charge in [0.2, 0.25) is 11.5 Å². The number of pyridine rings is 1. The Morgan fingerprint density at radius 3 is 2.39 bits per heavy atom. The molecule has 0 spiro atoms. The number of nitrogens with one attached hydrogen (secondary N) is 3. The second-order valence-corrected chi connectivity index (χ2v) is 9.07. The van der Waals surface area contributed by atoms with Gasteiger partial charge in [0.1, 0.15) is 5.75 Å². The molecule has 4 rings (SSSR count). The average molecular weight is 486 g/mol. The van der Waals surface area contributed by atoms with Crippen LogP contribution in [0.4, 0.5) is 0 Å². The summed E-state index contributed by atoms with van der Waals surface area (Å²) < 4.78 is 0. The summed E-state index contributed by atoms with van der Waals surface area (Å²) >= 11 is 0. The van der Waals surface area contributed by atoms with Crippen molar-refractivity contribution < 1.29 is 15.0 Å². The van der Waals surface area contributed by atoms with Crippen molar-refractivity contribution in [3.05, 3.63) is 111 Å². The molecule has 4 aromatic rings. The van der Waals surface area contributed by atoms with Crippen LogP contribution in [-0.2, 0) is 24.2 Å². The van der Waals surface area contributed by atoms with Crippen LogP contribution in [0.5, 0.6) is 5.75 Å². The van der Waals surface area contributed by atoms with Crippen molar-refractivity contribution in [1.82, 2.24) is 15.6 Å². The Labute approximate surface area is 209 Å². The minimum Gasteiger partial charge on any atom is -0.506 e. The first-order valence-electron chi connectivity index (χ1n) is 12.0. The first kappa shape index (κ1) is 25.2. The van der Waals surface area contributed by atoms with Gasteiger partial charge in [-0.1, -0.05) is 60.7 Å². The fourth-order valence-corrected chi connectivity index (χ4v) is 4.24. The molecule has 0 unspecified atom stereocenters. The van der Waals surface area contributed by atoms with Gasteiger partial charge in [0, 0.05) is 30.6 Å². The number of aliphatic hydroxyl groups excluding tert-OH is 1. The molecule has 2 atom stereocenters. The van der Waals surface area contributed by atoms with Crippen LogP contribution < -0.4 is 16.2 Å². The molecule has 3 aromatic carbocycles. The van der Waals surface area contributed by atoms with Crippen molar-refractivity contribution in [3.63, 3.8) is 0 Å². The third-order valence-corrected chi connectivity index (χ3v) is 6.19. The molecule has 7 nitrogen and oxygen atoms in total. The summed E-state index contributed by atoms with van der Waals surface area (Å²) in [5, 5.41) is 27.7. The van der Waals surface area contributed by atoms with Crippen molar-refractivity contribution in [2.24, 2.45) is 0 Å². The van der Waals surface area contributed by atoms with E-state index in [0.29, 0.717) is 36.0 Å². The van der Waals surface area contributed by atoms with E-state index < -0.39 is 6.10 Å². The van der Waals surface area contributed by atoms with Gasteiger partial charge < -0.3 is 25.8 Å². The quantitative estimate of drug-likeness (QED) is 0.236. The lowest BCUT2D eigenvalue weighted by molar-refractivity contribution is -0.120. The summed E-state index contributed by atoms with van der Waals surface area (Å²) in [4.78, 5) is 26.5. The van der Waals surface area contributed by atoms with Gasteiger partial charge in [-0.25, -0.2) is 0 Å². The predicted molar refractivity (Wildman–Crippen MR) is 141 cm³/mol. The van der Waals surface area contributed by atoms with Crippen molar-refractivity contribution in [2.75, 3.05) is 6.54 Å². The van der Waals surface area contributed by atoms with Crippen LogP contribution in [0.3, 0.4) is 0 Å². The predicted octanol–water partition coefficient (Wildman–Crippen LogP) is 3.35. The highest BCUT2D eigenvalue weighted by molar-refractivity contribution is 5.87. The highest BCUT2D eigenvalue weighted by atomic mass is 16.3. The Morgan fingerprint density at radius 2 is 1.64 bits per heavy atom. The first-order valence-corrected chi connectivity index (χ1v) is 12.0. The van der Waals surface area contributed by atoms with Gasteiger partial charge in [0.15, 0.2) is 0 Å². The number of aromatic amines is 1. The van der Waals surface area contributed by atoms with E-state index in [2.05, 4.69) is 15.6 Å². The Balaban J connectivity index is 1.27. The van der Waals surface area contributed by atoms with E-state index in [1.165, 1.54) is 12.1 Å². The van der Waals surface area contributed by atoms with Gasteiger partial charge >= 0.3 is 0 Å². The number of hydrogen-bond acceptors (Lipinski definition) is 5. The molecule has 0 aliphatic heterocycles. The normalized spacial score (nSPS) is 12.8. The Morgan fingerprint density at radius 1 is 0.917 bits per heavy atom. The maximum absolute atomic E-state index is 12.3. The zero-order chi connectivity index (χ0) is 25.5. The fraction of sp³-hybridized carbons (Fsp3) is 0.241. The summed E-state index contributed by atoms with van der Waals surface area (Å²) in [6, 6.07) is 24.1. The third-order valence-electron chi connectivity index (χ3n) is 6.19. The van der Waals surface area contributed by atoms with E-state index >= 15 is 0 Å². The molecule has 0 radical (unpaired) electrons. The summed E-state index contributed by atoms with van der Waals surface area (Å²) in [5.41, 5.74) is 3.80. The largest absolute Gasteiger partial charge is 0.506 e. The maximum atomic E-state index is 12.3. The third kappa shape index (κ3) is 6.59. The summed E-state index contributed by atoms with van der Waals surface area (Å²) in [5.74, 6) is -0.0430. The number of amides is 1. The monoisotopic (exact) mass is 485 g/mol. The molecule has 1 heterocycles. The van der Waals surface area contributed by atoms with Gasteiger partial charge in [0.25, 0.3) is 0 Å². The molecule has 0 aliphatic carbocycles. The number of rotatable bonds is 10. The molecule has 0 saturated carbocycles. The zero-order valence-corrected chi connectivity index (χ0v) is 20.2. The van der Waals surface area contributed by atoms with Crippen molar-refractivity contribution in [2.45, 2.75) is 38.5 Å². The molecule has 186 valence electrons. The molecule has 7 heteroatoms. The number of phenols is 1. The number of aromatic nitrogens is 1. The number of carbonyl (C=O) groups excluding carboxylic acids is 1. The first-order chi connectivity index (χ1) is 17.4. The second-order valence-electron chi connectivity index (χ2n) is 9.07. The maximum Gasteiger partial charge on any atom is 0.248 e. The number of aromatic hydroxyl groups is 1. The lowest BCUT2D eigenvalue weighted by atomic mass is 10.0. The Hall–Kier alpha value is -3.94. The number of phenolic OH excluding ortho intramolecular Hbond substituents is 1. The highest BCUT2D eigenvalue weighted by Gasteiger charge is 2.15. The van der Waals surface area contributed by atoms with Crippen LogP contribution in [0.15, 0.2) is 83.7 Å². The molecular weight excluding hydrogens is 454 g/mol. The van der Waals surface area contributed by atoms with Crippen molar-refractivity contribution in [3.8, 4) is 5.75 Å². The van der Waals surface area contributed by atoms with E-state index in [1.807, 2.05) is 61.5 Å². The lowest BCUT2D eigenvalue weighted by Gasteiger charge is -2.19. The number of fused-ring (bicyclic) bond motifs is 1. The van der Waals surface area contributed by atoms with Crippen molar-refractivity contribution in [1.29, 1.82) is 0 Å². The van der Waals surface area contributed by atoms with E-state index in [1.54, 1.807) is 12.1 Å². The van der Waals surface area contributed by atoms with Crippen LogP contribution >= 0.6 is 0 Å². The van der Waals surface area contributed by atoms with Crippen LogP contribution in [0.25, 0.3) is 10.9 Å². The molecule has 36 heavy (non-hydrogen) atoms. The number of H-pyrrole nitrogens is 1. The van der Waals surface area contributed by atoms with Crippen LogP contribution in [-0.4, -0.2) is 33.7 Å². The zero-order valence-electron chi connectivity index (χ0n) is 20.2. The lowest BCUT2D eigenvalue weighted by Crippen LogP contribution is -2.32. The van der Waals surface area contributed by atoms with E-state index in [-0.39, 0.29) is 23.3 Å². The fourth-order valence-electron chi connectivity index (χ4n) is 4.24. The van der Waals surface area contributed by atoms with E-state index in [0.717, 1.165) is 23.1 Å². The van der Waals surface area contributed by atoms with Crippen LogP contribution in [0, 0.1) is 0 Å². The number of hydrogen-bond donors (Lipinski definition) is 5. The molecule has 0 aliphatic rings. The SMILES string of the molecule is C[C@H](Cc1ccc(CC(=O)NCc2ccccc2)cc1)NC[C@@H](O)c1ccc(O)c2[nH]c(=O)ccc12. The second kappa shape index (κ2) is 11.7. The minimum absolute atomic E-state index is 0.0125. The highest BCUT2D eigenvalue weighted by Crippen LogP contribution is 2.28. The molecule has 1 amide bonds. The average Bonchev–Trinajstić information content (AvgIpc) is 2.88. The summed E-state index contributed by atoms with van der Waals surface area (Å²) in [6.45, 7) is 2.88. The van der Waals surface area contributed by atoms with Crippen LogP contribution in [0.1, 0.15) is 35.3 Å². The summed E-state index contributed by atoms with van der Waals surface area (Å²) in [7, 11) is 0. The van der Waals surface area contributed by atoms with Crippen LogP contribution in [0.2, 0.25) is 0 Å². The topological polar surface area (TPSA) is 114 Å². The molecular formula is C29H31N3O4. The molecule has 1 aromatic heterocycles. The smallest absolute Gasteiger partial charge is 0.248 e. The minimum atomic E-state index is -0.807. The Bertz CT molecular complexity index is 1370. The van der Waals surface area contributed by atoms with E-state index in [4.69, 9.17) is 0 Å². The molecule has 0 bridgehead atoms. The van der Waals surface area contributed by atoms with E-state index in [9.17, 15) is 19.8 Å². The molecule has 0 saturated heterocycles. The number of carbonyl (C=O) groups is 1. The van der Waals surface area contributed by atoms with Gasteiger partial charge in [-0.2, -0.15) is 0 Å². The number of aliphatic hydroxyl groups is 1. The standard InChI is InChI=1S/C29H31N3O4/c1-19(30-18-26(34)23-11-13-25(33)29-24(23)12-14-27(35)32-29)15-20-7-9-21(10-8-20)16-28(36)31-17-22-5-3-2-4-6-22/h2-14,19,26,30,33-34H,15-18H2,1H3,(H,31,36)(H,32,35)/t19-,26-/m1/s1. The van der Waals surface area contributed by atoms with Gasteiger partial charge in [-0.05, 0) is 47.7 Å². The van der Waals surface area contributed by atoms with Gasteiger partial charge in [0.05, 0.1) is 18.0 Å².